The predicted molar refractivity (Wildman–Crippen MR) is 119 cm³/mol. The van der Waals surface area contributed by atoms with Gasteiger partial charge in [-0.15, -0.1) is 0 Å². The van der Waals surface area contributed by atoms with Gasteiger partial charge in [-0.25, -0.2) is 16.8 Å². The highest BCUT2D eigenvalue weighted by atomic mass is 32.2. The van der Waals surface area contributed by atoms with Crippen LogP contribution in [0.15, 0.2) is 71.6 Å². The monoisotopic (exact) mass is 507 g/mol. The highest BCUT2D eigenvalue weighted by molar-refractivity contribution is 7.90. The molecule has 0 unspecified atom stereocenters. The van der Waals surface area contributed by atoms with Gasteiger partial charge < -0.3 is 9.84 Å². The van der Waals surface area contributed by atoms with Crippen LogP contribution < -0.4 is 4.74 Å². The first-order valence-corrected chi connectivity index (χ1v) is 11.5. The zero-order chi connectivity index (χ0) is 25.5. The highest BCUT2D eigenvalue weighted by Gasteiger charge is 2.30. The largest absolute Gasteiger partial charge is 0.481 e. The summed E-state index contributed by atoms with van der Waals surface area (Å²) in [5.74, 6) is -1.52. The number of halogens is 4. The Morgan fingerprint density at radius 2 is 1.54 bits per heavy atom. The number of hydrogen-bond donors (Lipinski definition) is 1. The van der Waals surface area contributed by atoms with Crippen LogP contribution in [0.3, 0.4) is 0 Å². The molecule has 35 heavy (non-hydrogen) atoms. The van der Waals surface area contributed by atoms with E-state index in [1.807, 2.05) is 0 Å². The molecule has 0 spiro atoms. The van der Waals surface area contributed by atoms with Crippen LogP contribution in [-0.4, -0.2) is 23.5 Å². The molecular formula is C24H17F4NO5S. The molecule has 0 aliphatic heterocycles. The summed E-state index contributed by atoms with van der Waals surface area (Å²) in [7, 11) is -4.21. The van der Waals surface area contributed by atoms with Gasteiger partial charge in [0.1, 0.15) is 17.3 Å². The van der Waals surface area contributed by atoms with Crippen molar-refractivity contribution < 1.29 is 40.6 Å². The lowest BCUT2D eigenvalue weighted by Crippen LogP contribution is -2.15. The first-order valence-electron chi connectivity index (χ1n) is 10.1. The molecule has 1 N–H and O–H groups in total. The number of carboxylic acids is 1. The number of aromatic nitrogens is 1. The number of benzene rings is 3. The van der Waals surface area contributed by atoms with Crippen LogP contribution >= 0.6 is 0 Å². The zero-order valence-electron chi connectivity index (χ0n) is 18.0. The van der Waals surface area contributed by atoms with Crippen molar-refractivity contribution >= 4 is 26.9 Å². The Morgan fingerprint density at radius 1 is 0.971 bits per heavy atom. The molecule has 0 fully saturated rings. The number of carboxylic acid groups (broad SMARTS) is 1. The lowest BCUT2D eigenvalue weighted by atomic mass is 10.1. The van der Waals surface area contributed by atoms with Gasteiger partial charge in [-0.1, -0.05) is 0 Å². The van der Waals surface area contributed by atoms with Crippen molar-refractivity contribution in [2.45, 2.75) is 24.4 Å². The van der Waals surface area contributed by atoms with Crippen LogP contribution in [0.25, 0.3) is 10.9 Å². The Kier molecular flexibility index (Phi) is 6.05. The Bertz CT molecular complexity index is 1520. The molecule has 0 atom stereocenters. The Labute approximate surface area is 197 Å². The van der Waals surface area contributed by atoms with Gasteiger partial charge in [-0.05, 0) is 79.2 Å². The fraction of sp³-hybridized carbons (Fsp3) is 0.125. The van der Waals surface area contributed by atoms with Gasteiger partial charge in [0.05, 0.1) is 22.4 Å². The van der Waals surface area contributed by atoms with Gasteiger partial charge in [-0.2, -0.15) is 13.2 Å². The number of nitrogens with zero attached hydrogens (tertiary/aromatic N) is 1. The second-order valence-electron chi connectivity index (χ2n) is 7.66. The third-order valence-corrected chi connectivity index (χ3v) is 7.17. The van der Waals surface area contributed by atoms with Crippen LogP contribution in [0.2, 0.25) is 0 Å². The molecule has 182 valence electrons. The topological polar surface area (TPSA) is 85.6 Å². The molecule has 6 nitrogen and oxygen atoms in total. The average Bonchev–Trinajstić information content (AvgIpc) is 3.05. The molecule has 3 aromatic carbocycles. The summed E-state index contributed by atoms with van der Waals surface area (Å²) in [5.41, 5.74) is -0.385. The van der Waals surface area contributed by atoms with Crippen LogP contribution in [-0.2, 0) is 27.4 Å². The summed E-state index contributed by atoms with van der Waals surface area (Å²) in [6, 6.07) is 12.6. The maximum Gasteiger partial charge on any atom is 0.416 e. The third-order valence-electron chi connectivity index (χ3n) is 5.35. The second-order valence-corrected chi connectivity index (χ2v) is 9.45. The number of fused-ring (bicyclic) bond motifs is 1. The third kappa shape index (κ3) is 4.72. The summed E-state index contributed by atoms with van der Waals surface area (Å²) in [4.78, 5) is 11.2. The predicted octanol–water partition coefficient (Wildman–Crippen LogP) is 5.76. The number of hydrogen-bond acceptors (Lipinski definition) is 4. The zero-order valence-corrected chi connectivity index (χ0v) is 18.8. The van der Waals surface area contributed by atoms with E-state index in [2.05, 4.69) is 0 Å². The van der Waals surface area contributed by atoms with E-state index in [0.717, 1.165) is 40.4 Å². The number of alkyl halides is 3. The van der Waals surface area contributed by atoms with Gasteiger partial charge in [0, 0.05) is 11.1 Å². The van der Waals surface area contributed by atoms with Crippen LogP contribution in [0.4, 0.5) is 17.6 Å². The molecular weight excluding hydrogens is 490 g/mol. The van der Waals surface area contributed by atoms with Gasteiger partial charge in [0.25, 0.3) is 10.0 Å². The van der Waals surface area contributed by atoms with Crippen LogP contribution in [0.1, 0.15) is 16.8 Å². The maximum atomic E-state index is 13.8. The molecule has 4 rings (SSSR count). The highest BCUT2D eigenvalue weighted by Crippen LogP contribution is 2.33. The molecule has 0 radical (unpaired) electrons. The molecule has 1 aromatic heterocycles. The van der Waals surface area contributed by atoms with E-state index >= 15 is 0 Å². The molecule has 4 aromatic rings. The van der Waals surface area contributed by atoms with E-state index in [-0.39, 0.29) is 38.6 Å². The van der Waals surface area contributed by atoms with Gasteiger partial charge >= 0.3 is 12.1 Å². The molecule has 1 heterocycles. The SMILES string of the molecule is Cc1c(CC(=O)O)c2cc(F)ccc2n1S(=O)(=O)c1ccc(Oc2ccc(C(F)(F)F)cc2)cc1. The first-order chi connectivity index (χ1) is 16.4. The molecule has 0 aliphatic carbocycles. The maximum absolute atomic E-state index is 13.8. The van der Waals surface area contributed by atoms with E-state index in [1.54, 1.807) is 0 Å². The minimum atomic E-state index is -4.48. The smallest absolute Gasteiger partial charge is 0.416 e. The fourth-order valence-electron chi connectivity index (χ4n) is 3.74. The molecule has 0 bridgehead atoms. The molecule has 0 saturated heterocycles. The first kappa shape index (κ1) is 24.3. The molecule has 0 saturated carbocycles. The standard InChI is InChI=1S/C24H17F4NO5S/c1-14-20(13-23(30)31)21-12-16(25)4-11-22(21)29(14)35(32,33)19-9-7-18(8-10-19)34-17-5-2-15(3-6-17)24(26,27)28/h2-12H,13H2,1H3,(H,30,31). The van der Waals surface area contributed by atoms with Crippen LogP contribution in [0, 0.1) is 12.7 Å². The summed E-state index contributed by atoms with van der Waals surface area (Å²) < 4.78 is 85.3. The summed E-state index contributed by atoms with van der Waals surface area (Å²) in [6.45, 7) is 1.44. The van der Waals surface area contributed by atoms with Crippen molar-refractivity contribution in [2.75, 3.05) is 0 Å². The van der Waals surface area contributed by atoms with Crippen molar-refractivity contribution in [1.29, 1.82) is 0 Å². The fourth-order valence-corrected chi connectivity index (χ4v) is 5.32. The number of rotatable bonds is 6. The summed E-state index contributed by atoms with van der Waals surface area (Å²) in [5, 5.41) is 9.41. The quantitative estimate of drug-likeness (QED) is 0.335. The lowest BCUT2D eigenvalue weighted by molar-refractivity contribution is -0.138. The van der Waals surface area contributed by atoms with Crippen molar-refractivity contribution in [3.8, 4) is 11.5 Å². The molecule has 0 amide bonds. The molecule has 11 heteroatoms. The van der Waals surface area contributed by atoms with Gasteiger partial charge in [0.2, 0.25) is 0 Å². The average molecular weight is 507 g/mol. The number of ether oxygens (including phenoxy) is 1. The van der Waals surface area contributed by atoms with E-state index < -0.39 is 40.0 Å². The van der Waals surface area contributed by atoms with Crippen molar-refractivity contribution in [3.63, 3.8) is 0 Å². The Morgan fingerprint density at radius 3 is 2.09 bits per heavy atom. The Hall–Kier alpha value is -3.86. The summed E-state index contributed by atoms with van der Waals surface area (Å²) in [6.07, 6.45) is -4.97. The second kappa shape index (κ2) is 8.73. The van der Waals surface area contributed by atoms with E-state index in [9.17, 15) is 35.9 Å². The van der Waals surface area contributed by atoms with Crippen molar-refractivity contribution in [1.82, 2.24) is 3.97 Å². The van der Waals surface area contributed by atoms with Crippen molar-refractivity contribution in [2.24, 2.45) is 0 Å². The lowest BCUT2D eigenvalue weighted by Gasteiger charge is -2.12. The summed E-state index contributed by atoms with van der Waals surface area (Å²) >= 11 is 0. The minimum Gasteiger partial charge on any atom is -0.481 e. The normalized spacial score (nSPS) is 12.1. The van der Waals surface area contributed by atoms with Gasteiger partial charge in [-0.3, -0.25) is 4.79 Å². The van der Waals surface area contributed by atoms with E-state index in [4.69, 9.17) is 4.74 Å². The van der Waals surface area contributed by atoms with Gasteiger partial charge in [0.15, 0.2) is 0 Å². The molecule has 0 aliphatic rings. The number of aliphatic carboxylic acids is 1. The van der Waals surface area contributed by atoms with E-state index in [0.29, 0.717) is 0 Å². The van der Waals surface area contributed by atoms with Crippen LogP contribution in [0.5, 0.6) is 11.5 Å². The van der Waals surface area contributed by atoms with E-state index in [1.165, 1.54) is 37.3 Å². The minimum absolute atomic E-state index is 0.126. The van der Waals surface area contributed by atoms with Crippen molar-refractivity contribution in [3.05, 3.63) is 89.4 Å². The number of carbonyl (C=O) groups is 1. The Balaban J connectivity index is 1.68.